The highest BCUT2D eigenvalue weighted by atomic mass is 32.1. The second-order valence-electron chi connectivity index (χ2n) is 8.67. The summed E-state index contributed by atoms with van der Waals surface area (Å²) in [5, 5.41) is 1.10. The Hall–Kier alpha value is -1.99. The number of hydrogen-bond acceptors (Lipinski definition) is 6. The summed E-state index contributed by atoms with van der Waals surface area (Å²) in [5.74, 6) is -0.320. The number of carbonyl (C=O) groups excluding carboxylic acids is 2. The standard InChI is InChI=1S/C23H30N2O4S/c1-28-16-12-18(22(27)29-2)25(15-16)21(26)14-23(10-6-3-7-11-23)13-20-24-17-8-4-5-9-19(17)30-20/h4-5,8-9,16,18H,3,6-7,10-15H2,1-2H3/t16-,18+/m1/s1. The molecule has 2 atom stereocenters. The van der Waals surface area contributed by atoms with Crippen LogP contribution in [-0.2, 0) is 25.5 Å². The molecule has 1 aromatic heterocycles. The van der Waals surface area contributed by atoms with Crippen LogP contribution in [0.25, 0.3) is 10.2 Å². The number of thiazole rings is 1. The van der Waals surface area contributed by atoms with Gasteiger partial charge in [0.15, 0.2) is 0 Å². The van der Waals surface area contributed by atoms with Gasteiger partial charge in [-0.1, -0.05) is 31.4 Å². The van der Waals surface area contributed by atoms with Gasteiger partial charge in [-0.3, -0.25) is 4.79 Å². The van der Waals surface area contributed by atoms with E-state index in [4.69, 9.17) is 14.5 Å². The van der Waals surface area contributed by atoms with Crippen LogP contribution in [-0.4, -0.2) is 54.7 Å². The van der Waals surface area contributed by atoms with Crippen molar-refractivity contribution < 1.29 is 19.1 Å². The van der Waals surface area contributed by atoms with Crippen molar-refractivity contribution in [3.63, 3.8) is 0 Å². The molecule has 2 fully saturated rings. The predicted molar refractivity (Wildman–Crippen MR) is 116 cm³/mol. The Bertz CT molecular complexity index is 872. The first-order valence-corrected chi connectivity index (χ1v) is 11.6. The average molecular weight is 431 g/mol. The first-order valence-electron chi connectivity index (χ1n) is 10.8. The number of fused-ring (bicyclic) bond motifs is 1. The molecule has 4 rings (SSSR count). The molecule has 0 spiro atoms. The molecule has 30 heavy (non-hydrogen) atoms. The number of benzene rings is 1. The minimum atomic E-state index is -0.546. The Morgan fingerprint density at radius 3 is 2.67 bits per heavy atom. The normalized spacial score (nSPS) is 23.6. The fourth-order valence-electron chi connectivity index (χ4n) is 5.06. The summed E-state index contributed by atoms with van der Waals surface area (Å²) in [6.45, 7) is 0.451. The minimum Gasteiger partial charge on any atom is -0.467 e. The van der Waals surface area contributed by atoms with Gasteiger partial charge in [-0.2, -0.15) is 0 Å². The molecule has 6 nitrogen and oxygen atoms in total. The molecule has 2 heterocycles. The number of carbonyl (C=O) groups is 2. The Balaban J connectivity index is 1.54. The third-order valence-electron chi connectivity index (χ3n) is 6.69. The predicted octanol–water partition coefficient (Wildman–Crippen LogP) is 3.97. The number of amides is 1. The number of rotatable bonds is 6. The molecule has 0 radical (unpaired) electrons. The lowest BCUT2D eigenvalue weighted by atomic mass is 9.69. The molecule has 1 aliphatic carbocycles. The number of likely N-dealkylation sites (tertiary alicyclic amines) is 1. The first kappa shape index (κ1) is 21.2. The van der Waals surface area contributed by atoms with E-state index in [1.165, 1.54) is 18.2 Å². The summed E-state index contributed by atoms with van der Waals surface area (Å²) in [6, 6.07) is 7.65. The van der Waals surface area contributed by atoms with Crippen LogP contribution in [0.4, 0.5) is 0 Å². The van der Waals surface area contributed by atoms with Gasteiger partial charge in [-0.05, 0) is 30.4 Å². The lowest BCUT2D eigenvalue weighted by Crippen LogP contribution is -2.44. The molecule has 7 heteroatoms. The second kappa shape index (κ2) is 9.02. The molecular formula is C23H30N2O4S. The van der Waals surface area contributed by atoms with E-state index in [9.17, 15) is 9.59 Å². The zero-order valence-corrected chi connectivity index (χ0v) is 18.6. The van der Waals surface area contributed by atoms with Gasteiger partial charge >= 0.3 is 5.97 Å². The lowest BCUT2D eigenvalue weighted by molar-refractivity contribution is -0.152. The average Bonchev–Trinajstić information content (AvgIpc) is 3.37. The fraction of sp³-hybridized carbons (Fsp3) is 0.609. The van der Waals surface area contributed by atoms with E-state index >= 15 is 0 Å². The molecule has 1 amide bonds. The van der Waals surface area contributed by atoms with Crippen LogP contribution in [0, 0.1) is 5.41 Å². The monoisotopic (exact) mass is 430 g/mol. The summed E-state index contributed by atoms with van der Waals surface area (Å²) in [5.41, 5.74) is 0.942. The highest BCUT2D eigenvalue weighted by Gasteiger charge is 2.43. The third-order valence-corrected chi connectivity index (χ3v) is 7.73. The minimum absolute atomic E-state index is 0.0351. The number of para-hydroxylation sites is 1. The molecule has 1 saturated carbocycles. The van der Waals surface area contributed by atoms with Crippen molar-refractivity contribution >= 4 is 33.4 Å². The number of esters is 1. The van der Waals surface area contributed by atoms with Crippen LogP contribution >= 0.6 is 11.3 Å². The van der Waals surface area contributed by atoms with Crippen LogP contribution < -0.4 is 0 Å². The second-order valence-corrected chi connectivity index (χ2v) is 9.78. The Kier molecular flexibility index (Phi) is 6.39. The van der Waals surface area contributed by atoms with Crippen molar-refractivity contribution in [2.45, 2.75) is 63.5 Å². The molecule has 1 aliphatic heterocycles. The van der Waals surface area contributed by atoms with Crippen LogP contribution in [0.15, 0.2) is 24.3 Å². The molecule has 0 bridgehead atoms. The van der Waals surface area contributed by atoms with E-state index in [-0.39, 0.29) is 23.4 Å². The van der Waals surface area contributed by atoms with Gasteiger partial charge < -0.3 is 14.4 Å². The Morgan fingerprint density at radius 1 is 1.20 bits per heavy atom. The Morgan fingerprint density at radius 2 is 1.97 bits per heavy atom. The SMILES string of the molecule is COC(=O)[C@@H]1C[C@@H](OC)CN1C(=O)CC1(Cc2nc3ccccc3s2)CCCCC1. The zero-order valence-electron chi connectivity index (χ0n) is 17.8. The molecule has 1 saturated heterocycles. The van der Waals surface area contributed by atoms with Crippen LogP contribution in [0.5, 0.6) is 0 Å². The van der Waals surface area contributed by atoms with Crippen LogP contribution in [0.3, 0.4) is 0 Å². The first-order chi connectivity index (χ1) is 14.5. The van der Waals surface area contributed by atoms with Gasteiger partial charge in [0.25, 0.3) is 0 Å². The summed E-state index contributed by atoms with van der Waals surface area (Å²) in [6.07, 6.45) is 7.20. The van der Waals surface area contributed by atoms with Crippen molar-refractivity contribution in [2.75, 3.05) is 20.8 Å². The zero-order chi connectivity index (χ0) is 21.1. The van der Waals surface area contributed by atoms with Gasteiger partial charge in [0.1, 0.15) is 6.04 Å². The molecule has 2 aromatic rings. The summed E-state index contributed by atoms with van der Waals surface area (Å²) >= 11 is 1.73. The quantitative estimate of drug-likeness (QED) is 0.649. The highest BCUT2D eigenvalue weighted by molar-refractivity contribution is 7.18. The van der Waals surface area contributed by atoms with Crippen molar-refractivity contribution in [3.8, 4) is 0 Å². The molecule has 2 aliphatic rings. The smallest absolute Gasteiger partial charge is 0.328 e. The van der Waals surface area contributed by atoms with E-state index in [0.29, 0.717) is 19.4 Å². The van der Waals surface area contributed by atoms with E-state index in [0.717, 1.165) is 42.6 Å². The number of nitrogens with zero attached hydrogens (tertiary/aromatic N) is 2. The summed E-state index contributed by atoms with van der Waals surface area (Å²) < 4.78 is 11.6. The number of aromatic nitrogens is 1. The highest BCUT2D eigenvalue weighted by Crippen LogP contribution is 2.44. The number of ether oxygens (including phenoxy) is 2. The van der Waals surface area contributed by atoms with E-state index in [1.54, 1.807) is 23.3 Å². The molecule has 1 aromatic carbocycles. The van der Waals surface area contributed by atoms with Gasteiger partial charge in [0.2, 0.25) is 5.91 Å². The largest absolute Gasteiger partial charge is 0.467 e. The number of hydrogen-bond donors (Lipinski definition) is 0. The lowest BCUT2D eigenvalue weighted by Gasteiger charge is -2.38. The third kappa shape index (κ3) is 4.37. The molecule has 0 unspecified atom stereocenters. The van der Waals surface area contributed by atoms with Crippen LogP contribution in [0.1, 0.15) is 50.0 Å². The maximum absolute atomic E-state index is 13.4. The summed E-state index contributed by atoms with van der Waals surface area (Å²) in [4.78, 5) is 32.2. The van der Waals surface area contributed by atoms with Gasteiger partial charge in [0, 0.05) is 32.9 Å². The van der Waals surface area contributed by atoms with Crippen molar-refractivity contribution in [3.05, 3.63) is 29.3 Å². The maximum atomic E-state index is 13.4. The van der Waals surface area contributed by atoms with E-state index in [2.05, 4.69) is 6.07 Å². The van der Waals surface area contributed by atoms with Crippen LogP contribution in [0.2, 0.25) is 0 Å². The molecule has 0 N–H and O–H groups in total. The van der Waals surface area contributed by atoms with Crippen molar-refractivity contribution in [2.24, 2.45) is 5.41 Å². The topological polar surface area (TPSA) is 68.7 Å². The van der Waals surface area contributed by atoms with Crippen molar-refractivity contribution in [1.29, 1.82) is 0 Å². The van der Waals surface area contributed by atoms with Crippen molar-refractivity contribution in [1.82, 2.24) is 9.88 Å². The maximum Gasteiger partial charge on any atom is 0.328 e. The Labute approximate surface area is 181 Å². The fourth-order valence-corrected chi connectivity index (χ4v) is 6.20. The van der Waals surface area contributed by atoms with E-state index < -0.39 is 6.04 Å². The van der Waals surface area contributed by atoms with E-state index in [1.807, 2.05) is 18.2 Å². The van der Waals surface area contributed by atoms with Gasteiger partial charge in [-0.15, -0.1) is 11.3 Å². The van der Waals surface area contributed by atoms with Gasteiger partial charge in [0.05, 0.1) is 28.4 Å². The van der Waals surface area contributed by atoms with Gasteiger partial charge in [-0.25, -0.2) is 9.78 Å². The molecule has 162 valence electrons. The molecular weight excluding hydrogens is 400 g/mol. The number of methoxy groups -OCH3 is 2. The summed E-state index contributed by atoms with van der Waals surface area (Å²) in [7, 11) is 3.00.